The molecule has 0 bridgehead atoms. The summed E-state index contributed by atoms with van der Waals surface area (Å²) in [4.78, 5) is 23.6. The van der Waals surface area contributed by atoms with Crippen LogP contribution in [0.3, 0.4) is 0 Å². The first-order chi connectivity index (χ1) is 10.6. The SMILES string of the molecule is Cn1nc(C(=O)Nc2ccccc2-n2cccn2)ccc1=O. The Morgan fingerprint density at radius 2 is 1.95 bits per heavy atom. The number of carbonyl (C=O) groups is 1. The van der Waals surface area contributed by atoms with Crippen LogP contribution in [0.2, 0.25) is 0 Å². The van der Waals surface area contributed by atoms with Crippen molar-refractivity contribution in [2.24, 2.45) is 7.05 Å². The molecule has 3 aromatic rings. The molecule has 0 spiro atoms. The number of hydrogen-bond acceptors (Lipinski definition) is 4. The van der Waals surface area contributed by atoms with E-state index in [2.05, 4.69) is 15.5 Å². The Kier molecular flexibility index (Phi) is 3.53. The first-order valence-electron chi connectivity index (χ1n) is 6.60. The van der Waals surface area contributed by atoms with Gasteiger partial charge < -0.3 is 5.32 Å². The van der Waals surface area contributed by atoms with Crippen molar-refractivity contribution in [3.63, 3.8) is 0 Å². The molecular formula is C15H13N5O2. The summed E-state index contributed by atoms with van der Waals surface area (Å²) < 4.78 is 2.78. The summed E-state index contributed by atoms with van der Waals surface area (Å²) in [5, 5.41) is 10.9. The van der Waals surface area contributed by atoms with Gasteiger partial charge in [-0.3, -0.25) is 9.59 Å². The third-order valence-corrected chi connectivity index (χ3v) is 3.10. The summed E-state index contributed by atoms with van der Waals surface area (Å²) in [6, 6.07) is 11.8. The topological polar surface area (TPSA) is 81.8 Å². The molecule has 1 aromatic carbocycles. The smallest absolute Gasteiger partial charge is 0.276 e. The van der Waals surface area contributed by atoms with Gasteiger partial charge in [0.15, 0.2) is 0 Å². The maximum Gasteiger partial charge on any atom is 0.276 e. The van der Waals surface area contributed by atoms with E-state index in [0.29, 0.717) is 5.69 Å². The van der Waals surface area contributed by atoms with E-state index in [-0.39, 0.29) is 11.3 Å². The van der Waals surface area contributed by atoms with Crippen LogP contribution < -0.4 is 10.9 Å². The maximum atomic E-state index is 12.3. The van der Waals surface area contributed by atoms with Gasteiger partial charge in [-0.15, -0.1) is 0 Å². The molecule has 0 unspecified atom stereocenters. The third kappa shape index (κ3) is 2.64. The van der Waals surface area contributed by atoms with Crippen molar-refractivity contribution in [3.05, 3.63) is 70.9 Å². The van der Waals surface area contributed by atoms with Gasteiger partial charge in [-0.1, -0.05) is 12.1 Å². The van der Waals surface area contributed by atoms with Gasteiger partial charge in [-0.25, -0.2) is 9.36 Å². The van der Waals surface area contributed by atoms with E-state index in [1.165, 1.54) is 19.2 Å². The van der Waals surface area contributed by atoms with Crippen LogP contribution in [0.5, 0.6) is 0 Å². The highest BCUT2D eigenvalue weighted by atomic mass is 16.2. The summed E-state index contributed by atoms with van der Waals surface area (Å²) in [5.74, 6) is -0.393. The quantitative estimate of drug-likeness (QED) is 0.787. The number of nitrogens with zero attached hydrogens (tertiary/aromatic N) is 4. The molecule has 0 aliphatic carbocycles. The first-order valence-corrected chi connectivity index (χ1v) is 6.60. The van der Waals surface area contributed by atoms with Crippen LogP contribution >= 0.6 is 0 Å². The van der Waals surface area contributed by atoms with E-state index in [9.17, 15) is 9.59 Å². The molecule has 110 valence electrons. The third-order valence-electron chi connectivity index (χ3n) is 3.10. The minimum absolute atomic E-state index is 0.164. The largest absolute Gasteiger partial charge is 0.319 e. The summed E-state index contributed by atoms with van der Waals surface area (Å²) in [6.45, 7) is 0. The molecule has 1 amide bonds. The molecule has 0 radical (unpaired) electrons. The zero-order valence-corrected chi connectivity index (χ0v) is 11.8. The van der Waals surface area contributed by atoms with Crippen LogP contribution in [0.25, 0.3) is 5.69 Å². The van der Waals surface area contributed by atoms with Gasteiger partial charge in [0, 0.05) is 25.5 Å². The van der Waals surface area contributed by atoms with Gasteiger partial charge in [-0.2, -0.15) is 10.2 Å². The molecule has 0 saturated carbocycles. The number of para-hydroxylation sites is 2. The molecule has 3 rings (SSSR count). The lowest BCUT2D eigenvalue weighted by Crippen LogP contribution is -2.24. The number of aromatic nitrogens is 4. The lowest BCUT2D eigenvalue weighted by atomic mass is 10.2. The van der Waals surface area contributed by atoms with Crippen LogP contribution in [0.1, 0.15) is 10.5 Å². The molecule has 0 aliphatic rings. The Balaban J connectivity index is 1.92. The predicted octanol–water partition coefficient (Wildman–Crippen LogP) is 1.22. The Bertz CT molecular complexity index is 868. The normalized spacial score (nSPS) is 10.4. The Labute approximate surface area is 125 Å². The highest BCUT2D eigenvalue weighted by Gasteiger charge is 2.12. The molecule has 1 N–H and O–H groups in total. The first kappa shape index (κ1) is 13.7. The lowest BCUT2D eigenvalue weighted by molar-refractivity contribution is 0.102. The van der Waals surface area contributed by atoms with Crippen LogP contribution in [-0.2, 0) is 7.05 Å². The lowest BCUT2D eigenvalue weighted by Gasteiger charge is -2.10. The second-order valence-corrected chi connectivity index (χ2v) is 4.60. The minimum Gasteiger partial charge on any atom is -0.319 e. The van der Waals surface area contributed by atoms with Gasteiger partial charge >= 0.3 is 0 Å². The molecule has 0 atom stereocenters. The van der Waals surface area contributed by atoms with E-state index in [1.807, 2.05) is 18.2 Å². The fourth-order valence-corrected chi connectivity index (χ4v) is 2.00. The number of aryl methyl sites for hydroxylation is 1. The molecule has 0 aliphatic heterocycles. The average molecular weight is 295 g/mol. The van der Waals surface area contributed by atoms with Gasteiger partial charge in [0.2, 0.25) is 0 Å². The summed E-state index contributed by atoms with van der Waals surface area (Å²) in [6.07, 6.45) is 3.45. The average Bonchev–Trinajstić information content (AvgIpc) is 3.04. The van der Waals surface area contributed by atoms with E-state index in [4.69, 9.17) is 0 Å². The highest BCUT2D eigenvalue weighted by molar-refractivity contribution is 6.03. The van der Waals surface area contributed by atoms with Crippen molar-refractivity contribution >= 4 is 11.6 Å². The van der Waals surface area contributed by atoms with E-state index >= 15 is 0 Å². The molecule has 7 heteroatoms. The van der Waals surface area contributed by atoms with Crippen LogP contribution in [0.4, 0.5) is 5.69 Å². The molecule has 7 nitrogen and oxygen atoms in total. The van der Waals surface area contributed by atoms with Crippen molar-refractivity contribution in [3.8, 4) is 5.69 Å². The number of anilines is 1. The second kappa shape index (κ2) is 5.65. The Morgan fingerprint density at radius 3 is 2.68 bits per heavy atom. The minimum atomic E-state index is -0.393. The second-order valence-electron chi connectivity index (χ2n) is 4.60. The van der Waals surface area contributed by atoms with Crippen LogP contribution in [0, 0.1) is 0 Å². The molecule has 0 fully saturated rings. The van der Waals surface area contributed by atoms with E-state index in [1.54, 1.807) is 29.2 Å². The van der Waals surface area contributed by atoms with Crippen LogP contribution in [0.15, 0.2) is 59.7 Å². The van der Waals surface area contributed by atoms with E-state index < -0.39 is 5.91 Å². The zero-order valence-electron chi connectivity index (χ0n) is 11.8. The van der Waals surface area contributed by atoms with Gasteiger partial charge in [0.05, 0.1) is 11.4 Å². The number of carbonyl (C=O) groups excluding carboxylic acids is 1. The van der Waals surface area contributed by atoms with Crippen molar-refractivity contribution in [1.82, 2.24) is 19.6 Å². The van der Waals surface area contributed by atoms with Crippen molar-refractivity contribution in [1.29, 1.82) is 0 Å². The fraction of sp³-hybridized carbons (Fsp3) is 0.0667. The number of nitrogens with one attached hydrogen (secondary N) is 1. The van der Waals surface area contributed by atoms with E-state index in [0.717, 1.165) is 10.4 Å². The predicted molar refractivity (Wildman–Crippen MR) is 81.0 cm³/mol. The summed E-state index contributed by atoms with van der Waals surface area (Å²) in [7, 11) is 1.50. The van der Waals surface area contributed by atoms with Crippen molar-refractivity contribution in [2.75, 3.05) is 5.32 Å². The molecule has 2 heterocycles. The van der Waals surface area contributed by atoms with Gasteiger partial charge in [-0.05, 0) is 24.3 Å². The monoisotopic (exact) mass is 295 g/mol. The van der Waals surface area contributed by atoms with Crippen molar-refractivity contribution < 1.29 is 4.79 Å². The molecule has 2 aromatic heterocycles. The summed E-state index contributed by atoms with van der Waals surface area (Å²) in [5.41, 5.74) is 1.24. The molecular weight excluding hydrogens is 282 g/mol. The standard InChI is InChI=1S/C15H13N5O2/c1-19-14(21)8-7-12(18-19)15(22)17-11-5-2-3-6-13(11)20-10-4-9-16-20/h2-10H,1H3,(H,17,22). The summed E-state index contributed by atoms with van der Waals surface area (Å²) >= 11 is 0. The molecule has 0 saturated heterocycles. The fourth-order valence-electron chi connectivity index (χ4n) is 2.00. The highest BCUT2D eigenvalue weighted by Crippen LogP contribution is 2.19. The molecule has 22 heavy (non-hydrogen) atoms. The van der Waals surface area contributed by atoms with Crippen molar-refractivity contribution in [2.45, 2.75) is 0 Å². The Morgan fingerprint density at radius 1 is 1.14 bits per heavy atom. The maximum absolute atomic E-state index is 12.3. The number of rotatable bonds is 3. The zero-order chi connectivity index (χ0) is 15.5. The van der Waals surface area contributed by atoms with Gasteiger partial charge in [0.25, 0.3) is 11.5 Å². The number of benzene rings is 1. The van der Waals surface area contributed by atoms with Crippen LogP contribution in [-0.4, -0.2) is 25.5 Å². The Hall–Kier alpha value is -3.22. The number of amides is 1. The van der Waals surface area contributed by atoms with Gasteiger partial charge in [0.1, 0.15) is 5.69 Å². The number of hydrogen-bond donors (Lipinski definition) is 1.